The summed E-state index contributed by atoms with van der Waals surface area (Å²) < 4.78 is 4.74. The number of piperazine rings is 1. The monoisotopic (exact) mass is 473 g/mol. The number of hydrogen-bond acceptors (Lipinski definition) is 6. The van der Waals surface area contributed by atoms with Crippen LogP contribution in [-0.4, -0.2) is 90.4 Å². The molecule has 2 unspecified atom stereocenters. The standard InChI is InChI=1S/C24H35N5O5/c1-24(2,3)19(22(32)29-10-6-9-18(29)20(25)30)26-17-8-5-7-16(15-17)21(31)27-11-13-28(14-12-27)23(33)34-4/h5,7-8,15,18-19,26H,6,9-14H2,1-4H3,(H2,25,30). The van der Waals surface area contributed by atoms with Crippen LogP contribution in [0.3, 0.4) is 0 Å². The molecule has 1 aromatic rings. The maximum Gasteiger partial charge on any atom is 0.409 e. The van der Waals surface area contributed by atoms with Gasteiger partial charge in [0.2, 0.25) is 11.8 Å². The number of hydrogen-bond donors (Lipinski definition) is 2. The van der Waals surface area contributed by atoms with E-state index in [2.05, 4.69) is 5.32 Å². The molecule has 10 nitrogen and oxygen atoms in total. The van der Waals surface area contributed by atoms with E-state index in [4.69, 9.17) is 10.5 Å². The summed E-state index contributed by atoms with van der Waals surface area (Å²) in [5.41, 5.74) is 6.20. The first-order valence-electron chi connectivity index (χ1n) is 11.6. The van der Waals surface area contributed by atoms with Crippen LogP contribution in [0.5, 0.6) is 0 Å². The third kappa shape index (κ3) is 5.60. The van der Waals surface area contributed by atoms with Gasteiger partial charge in [0.1, 0.15) is 12.1 Å². The molecule has 0 radical (unpaired) electrons. The van der Waals surface area contributed by atoms with Gasteiger partial charge in [-0.15, -0.1) is 0 Å². The predicted molar refractivity (Wildman–Crippen MR) is 127 cm³/mol. The highest BCUT2D eigenvalue weighted by molar-refractivity contribution is 5.96. The van der Waals surface area contributed by atoms with Gasteiger partial charge in [0, 0.05) is 44.0 Å². The number of nitrogens with one attached hydrogen (secondary N) is 1. The van der Waals surface area contributed by atoms with Gasteiger partial charge >= 0.3 is 6.09 Å². The lowest BCUT2D eigenvalue weighted by atomic mass is 9.85. The summed E-state index contributed by atoms with van der Waals surface area (Å²) in [5.74, 6) is -0.803. The predicted octanol–water partition coefficient (Wildman–Crippen LogP) is 1.51. The van der Waals surface area contributed by atoms with Crippen molar-refractivity contribution in [1.82, 2.24) is 14.7 Å². The largest absolute Gasteiger partial charge is 0.453 e. The molecule has 34 heavy (non-hydrogen) atoms. The number of nitrogens with two attached hydrogens (primary N) is 1. The van der Waals surface area contributed by atoms with E-state index in [1.54, 1.807) is 32.9 Å². The van der Waals surface area contributed by atoms with Crippen LogP contribution < -0.4 is 11.1 Å². The summed E-state index contributed by atoms with van der Waals surface area (Å²) >= 11 is 0. The van der Waals surface area contributed by atoms with Crippen LogP contribution >= 0.6 is 0 Å². The van der Waals surface area contributed by atoms with E-state index in [0.717, 1.165) is 6.42 Å². The minimum absolute atomic E-state index is 0.139. The number of amides is 4. The number of primary amides is 1. The van der Waals surface area contributed by atoms with Crippen molar-refractivity contribution < 1.29 is 23.9 Å². The summed E-state index contributed by atoms with van der Waals surface area (Å²) in [4.78, 5) is 54.9. The molecule has 0 aromatic heterocycles. The number of rotatable bonds is 5. The SMILES string of the molecule is COC(=O)N1CCN(C(=O)c2cccc(NC(C(=O)N3CCCC3C(N)=O)C(C)(C)C)c2)CC1. The van der Waals surface area contributed by atoms with Crippen LogP contribution in [0.25, 0.3) is 0 Å². The molecule has 2 atom stereocenters. The first kappa shape index (κ1) is 25.3. The van der Waals surface area contributed by atoms with Gasteiger partial charge in [0.05, 0.1) is 7.11 Å². The van der Waals surface area contributed by atoms with Crippen molar-refractivity contribution in [2.75, 3.05) is 45.2 Å². The molecule has 2 aliphatic heterocycles. The Hall–Kier alpha value is -3.30. The minimum atomic E-state index is -0.610. The van der Waals surface area contributed by atoms with E-state index in [9.17, 15) is 19.2 Å². The molecule has 2 aliphatic rings. The molecule has 0 bridgehead atoms. The smallest absolute Gasteiger partial charge is 0.409 e. The molecule has 1 aromatic carbocycles. The zero-order valence-electron chi connectivity index (χ0n) is 20.4. The van der Waals surface area contributed by atoms with Gasteiger partial charge in [-0.05, 0) is 36.5 Å². The molecule has 2 fully saturated rings. The van der Waals surface area contributed by atoms with Crippen molar-refractivity contribution >= 4 is 29.5 Å². The topological polar surface area (TPSA) is 125 Å². The second kappa shape index (κ2) is 10.3. The van der Waals surface area contributed by atoms with Gasteiger partial charge in [0.15, 0.2) is 0 Å². The highest BCUT2D eigenvalue weighted by Gasteiger charge is 2.40. The molecule has 3 rings (SSSR count). The summed E-state index contributed by atoms with van der Waals surface area (Å²) in [6.45, 7) is 8.00. The number of methoxy groups -OCH3 is 1. The van der Waals surface area contributed by atoms with Crippen molar-refractivity contribution in [2.45, 2.75) is 45.7 Å². The van der Waals surface area contributed by atoms with Crippen LogP contribution in [0.4, 0.5) is 10.5 Å². The third-order valence-electron chi connectivity index (χ3n) is 6.40. The van der Waals surface area contributed by atoms with E-state index in [0.29, 0.717) is 50.4 Å². The van der Waals surface area contributed by atoms with E-state index >= 15 is 0 Å². The first-order chi connectivity index (χ1) is 16.0. The Balaban J connectivity index is 1.73. The Bertz CT molecular complexity index is 936. The van der Waals surface area contributed by atoms with E-state index in [-0.39, 0.29) is 11.8 Å². The number of carbonyl (C=O) groups excluding carboxylic acids is 4. The van der Waals surface area contributed by atoms with Crippen LogP contribution in [0.2, 0.25) is 0 Å². The Morgan fingerprint density at radius 3 is 2.29 bits per heavy atom. The lowest BCUT2D eigenvalue weighted by Crippen LogP contribution is -2.53. The second-order valence-electron chi connectivity index (χ2n) is 9.87. The van der Waals surface area contributed by atoms with Crippen molar-refractivity contribution in [2.24, 2.45) is 11.1 Å². The Labute approximate surface area is 200 Å². The molecule has 4 amide bonds. The summed E-state index contributed by atoms with van der Waals surface area (Å²) in [7, 11) is 1.34. The number of anilines is 1. The molecule has 3 N–H and O–H groups in total. The molecule has 0 spiro atoms. The lowest BCUT2D eigenvalue weighted by Gasteiger charge is -2.36. The highest BCUT2D eigenvalue weighted by atomic mass is 16.5. The molecule has 2 saturated heterocycles. The Morgan fingerprint density at radius 2 is 1.71 bits per heavy atom. The summed E-state index contributed by atoms with van der Waals surface area (Å²) in [6.07, 6.45) is 0.918. The van der Waals surface area contributed by atoms with Crippen LogP contribution in [0, 0.1) is 5.41 Å². The number of carbonyl (C=O) groups is 4. The summed E-state index contributed by atoms with van der Waals surface area (Å²) in [5, 5.41) is 3.30. The van der Waals surface area contributed by atoms with Crippen LogP contribution in [-0.2, 0) is 14.3 Å². The summed E-state index contributed by atoms with van der Waals surface area (Å²) in [6, 6.07) is 5.85. The first-order valence-corrected chi connectivity index (χ1v) is 11.6. The lowest BCUT2D eigenvalue weighted by molar-refractivity contribution is -0.139. The van der Waals surface area contributed by atoms with E-state index in [1.807, 2.05) is 26.8 Å². The van der Waals surface area contributed by atoms with Gasteiger partial charge in [-0.1, -0.05) is 26.8 Å². The number of ether oxygens (including phenoxy) is 1. The van der Waals surface area contributed by atoms with Gasteiger partial charge in [-0.25, -0.2) is 4.79 Å². The normalized spacial score (nSPS) is 19.5. The van der Waals surface area contributed by atoms with Crippen molar-refractivity contribution in [1.29, 1.82) is 0 Å². The Kier molecular flexibility index (Phi) is 7.68. The fraction of sp³-hybridized carbons (Fsp3) is 0.583. The number of likely N-dealkylation sites (tertiary alicyclic amines) is 1. The quantitative estimate of drug-likeness (QED) is 0.668. The van der Waals surface area contributed by atoms with Crippen molar-refractivity contribution in [3.8, 4) is 0 Å². The van der Waals surface area contributed by atoms with Gasteiger partial charge in [-0.2, -0.15) is 0 Å². The number of nitrogens with zero attached hydrogens (tertiary/aromatic N) is 3. The fourth-order valence-electron chi connectivity index (χ4n) is 4.45. The molecular formula is C24H35N5O5. The van der Waals surface area contributed by atoms with Gasteiger partial charge in [-0.3, -0.25) is 14.4 Å². The fourth-order valence-corrected chi connectivity index (χ4v) is 4.45. The second-order valence-corrected chi connectivity index (χ2v) is 9.87. The maximum absolute atomic E-state index is 13.4. The van der Waals surface area contributed by atoms with Gasteiger partial charge in [0.25, 0.3) is 5.91 Å². The van der Waals surface area contributed by atoms with Crippen LogP contribution in [0.15, 0.2) is 24.3 Å². The molecule has 0 saturated carbocycles. The molecular weight excluding hydrogens is 438 g/mol. The zero-order valence-corrected chi connectivity index (χ0v) is 20.4. The maximum atomic E-state index is 13.4. The molecule has 186 valence electrons. The zero-order chi connectivity index (χ0) is 25.0. The van der Waals surface area contributed by atoms with Crippen LogP contribution in [0.1, 0.15) is 44.0 Å². The minimum Gasteiger partial charge on any atom is -0.453 e. The highest BCUT2D eigenvalue weighted by Crippen LogP contribution is 2.28. The van der Waals surface area contributed by atoms with Crippen molar-refractivity contribution in [3.05, 3.63) is 29.8 Å². The van der Waals surface area contributed by atoms with E-state index < -0.39 is 29.5 Å². The Morgan fingerprint density at radius 1 is 1.06 bits per heavy atom. The third-order valence-corrected chi connectivity index (χ3v) is 6.40. The average Bonchev–Trinajstić information content (AvgIpc) is 3.31. The van der Waals surface area contributed by atoms with Gasteiger partial charge < -0.3 is 30.5 Å². The molecule has 10 heteroatoms. The molecule has 2 heterocycles. The van der Waals surface area contributed by atoms with E-state index in [1.165, 1.54) is 7.11 Å². The number of benzene rings is 1. The molecule has 0 aliphatic carbocycles. The van der Waals surface area contributed by atoms with Crippen molar-refractivity contribution in [3.63, 3.8) is 0 Å². The average molecular weight is 474 g/mol.